The van der Waals surface area contributed by atoms with Crippen molar-refractivity contribution in [2.75, 3.05) is 0 Å². The molecule has 0 radical (unpaired) electrons. The predicted molar refractivity (Wildman–Crippen MR) is 97.9 cm³/mol. The minimum atomic E-state index is -0.383. The molecule has 1 amide bonds. The molecule has 2 heterocycles. The molecule has 1 N–H and O–H groups in total. The van der Waals surface area contributed by atoms with Crippen LogP contribution in [0.3, 0.4) is 0 Å². The van der Waals surface area contributed by atoms with Gasteiger partial charge in [0.05, 0.1) is 12.7 Å². The van der Waals surface area contributed by atoms with Crippen LogP contribution in [0.1, 0.15) is 20.9 Å². The van der Waals surface area contributed by atoms with Crippen LogP contribution in [0.5, 0.6) is 5.75 Å². The molecule has 0 atom stereocenters. The van der Waals surface area contributed by atoms with Gasteiger partial charge in [-0.15, -0.1) is 11.3 Å². The van der Waals surface area contributed by atoms with E-state index in [0.29, 0.717) is 6.54 Å². The number of amides is 1. The Bertz CT molecular complexity index is 950. The molecule has 1 aromatic carbocycles. The van der Waals surface area contributed by atoms with E-state index in [4.69, 9.17) is 4.74 Å². The van der Waals surface area contributed by atoms with E-state index in [-0.39, 0.29) is 35.2 Å². The number of rotatable bonds is 6. The third-order valence-electron chi connectivity index (χ3n) is 3.75. The van der Waals surface area contributed by atoms with Gasteiger partial charge in [0.1, 0.15) is 18.1 Å². The molecule has 0 fully saturated rings. The first-order valence-electron chi connectivity index (χ1n) is 7.91. The second-order valence-corrected chi connectivity index (χ2v) is 6.71. The average molecular weight is 372 g/mol. The first-order valence-corrected chi connectivity index (χ1v) is 8.79. The van der Waals surface area contributed by atoms with E-state index < -0.39 is 0 Å². The molecule has 0 aliphatic carbocycles. The van der Waals surface area contributed by atoms with Gasteiger partial charge in [-0.2, -0.15) is 0 Å². The molecule has 0 spiro atoms. The number of hydrogen-bond donors (Lipinski definition) is 1. The Hall–Kier alpha value is -2.93. The fourth-order valence-corrected chi connectivity index (χ4v) is 3.00. The van der Waals surface area contributed by atoms with Crippen LogP contribution in [0.2, 0.25) is 0 Å². The fourth-order valence-electron chi connectivity index (χ4n) is 2.35. The molecular weight excluding hydrogens is 355 g/mol. The quantitative estimate of drug-likeness (QED) is 0.723. The van der Waals surface area contributed by atoms with Gasteiger partial charge < -0.3 is 14.6 Å². The van der Waals surface area contributed by atoms with Crippen LogP contribution in [0.25, 0.3) is 0 Å². The molecular formula is C19H17FN2O3S. The molecule has 134 valence electrons. The Balaban J connectivity index is 1.68. The van der Waals surface area contributed by atoms with Crippen LogP contribution in [0.4, 0.5) is 4.39 Å². The third-order valence-corrected chi connectivity index (χ3v) is 4.62. The molecule has 0 unspecified atom stereocenters. The summed E-state index contributed by atoms with van der Waals surface area (Å²) >= 11 is 1.55. The molecule has 0 aliphatic rings. The average Bonchev–Trinajstić information content (AvgIpc) is 3.15. The summed E-state index contributed by atoms with van der Waals surface area (Å²) in [4.78, 5) is 25.6. The van der Waals surface area contributed by atoms with Gasteiger partial charge in [-0.3, -0.25) is 9.59 Å². The number of aromatic nitrogens is 1. The lowest BCUT2D eigenvalue weighted by molar-refractivity contribution is 0.0942. The van der Waals surface area contributed by atoms with Crippen molar-refractivity contribution in [2.45, 2.75) is 13.2 Å². The molecule has 0 aliphatic heterocycles. The molecule has 26 heavy (non-hydrogen) atoms. The van der Waals surface area contributed by atoms with E-state index in [1.807, 2.05) is 17.5 Å². The second-order valence-electron chi connectivity index (χ2n) is 5.68. The number of carbonyl (C=O) groups excluding carboxylic acids is 1. The lowest BCUT2D eigenvalue weighted by Crippen LogP contribution is -2.27. The normalized spacial score (nSPS) is 10.5. The topological polar surface area (TPSA) is 60.3 Å². The Morgan fingerprint density at radius 2 is 2.04 bits per heavy atom. The number of pyridine rings is 1. The Morgan fingerprint density at radius 3 is 2.73 bits per heavy atom. The first-order chi connectivity index (χ1) is 12.5. The monoisotopic (exact) mass is 372 g/mol. The highest BCUT2D eigenvalue weighted by Crippen LogP contribution is 2.11. The fraction of sp³-hybridized carbons (Fsp3) is 0.158. The summed E-state index contributed by atoms with van der Waals surface area (Å²) in [6.07, 6.45) is 1.48. The van der Waals surface area contributed by atoms with Crippen molar-refractivity contribution in [2.24, 2.45) is 7.05 Å². The van der Waals surface area contributed by atoms with E-state index >= 15 is 0 Å². The van der Waals surface area contributed by atoms with E-state index in [1.165, 1.54) is 24.4 Å². The van der Waals surface area contributed by atoms with Crippen molar-refractivity contribution in [1.29, 1.82) is 0 Å². The zero-order valence-corrected chi connectivity index (χ0v) is 14.9. The molecule has 5 nitrogen and oxygen atoms in total. The summed E-state index contributed by atoms with van der Waals surface area (Å²) in [7, 11) is 1.67. The molecule has 7 heteroatoms. The maximum absolute atomic E-state index is 12.9. The van der Waals surface area contributed by atoms with Gasteiger partial charge in [0, 0.05) is 18.0 Å². The maximum atomic E-state index is 12.9. The number of carbonyl (C=O) groups is 1. The van der Waals surface area contributed by atoms with E-state index in [9.17, 15) is 14.0 Å². The number of ether oxygens (including phenoxy) is 1. The molecule has 3 rings (SSSR count). The van der Waals surface area contributed by atoms with E-state index in [0.717, 1.165) is 10.4 Å². The minimum absolute atomic E-state index is 0.131. The molecule has 0 saturated carbocycles. The molecule has 0 saturated heterocycles. The number of nitrogens with one attached hydrogen (secondary N) is 1. The second kappa shape index (κ2) is 7.97. The van der Waals surface area contributed by atoms with Crippen molar-refractivity contribution >= 4 is 17.2 Å². The number of aryl methyl sites for hydroxylation is 1. The van der Waals surface area contributed by atoms with Gasteiger partial charge in [-0.05, 0) is 29.1 Å². The van der Waals surface area contributed by atoms with Crippen molar-refractivity contribution < 1.29 is 13.9 Å². The first kappa shape index (κ1) is 17.9. The Labute approximate surface area is 153 Å². The summed E-state index contributed by atoms with van der Waals surface area (Å²) < 4.78 is 20.0. The van der Waals surface area contributed by atoms with Crippen molar-refractivity contribution in [1.82, 2.24) is 9.88 Å². The summed E-state index contributed by atoms with van der Waals surface area (Å²) in [5.41, 5.74) is 0.610. The molecule has 3 aromatic rings. The Morgan fingerprint density at radius 1 is 1.27 bits per heavy atom. The van der Waals surface area contributed by atoms with Crippen LogP contribution in [-0.2, 0) is 20.2 Å². The number of hydrogen-bond acceptors (Lipinski definition) is 4. The molecule has 2 aromatic heterocycles. The largest absolute Gasteiger partial charge is 0.483 e. The van der Waals surface area contributed by atoms with Crippen molar-refractivity contribution in [3.05, 3.63) is 86.2 Å². The van der Waals surface area contributed by atoms with E-state index in [2.05, 4.69) is 5.32 Å². The molecule has 0 bridgehead atoms. The van der Waals surface area contributed by atoms with E-state index in [1.54, 1.807) is 35.1 Å². The minimum Gasteiger partial charge on any atom is -0.483 e. The summed E-state index contributed by atoms with van der Waals surface area (Å²) in [6.45, 7) is 0.549. The number of benzene rings is 1. The highest BCUT2D eigenvalue weighted by molar-refractivity contribution is 7.09. The van der Waals surface area contributed by atoms with Crippen LogP contribution < -0.4 is 15.5 Å². The van der Waals surface area contributed by atoms with Crippen molar-refractivity contribution in [3.8, 4) is 5.75 Å². The lowest BCUT2D eigenvalue weighted by Gasteiger charge is -2.12. The third kappa shape index (κ3) is 4.37. The van der Waals surface area contributed by atoms with Crippen LogP contribution >= 0.6 is 11.3 Å². The van der Waals surface area contributed by atoms with Gasteiger partial charge in [0.25, 0.3) is 5.91 Å². The highest BCUT2D eigenvalue weighted by Gasteiger charge is 2.13. The predicted octanol–water partition coefficient (Wildman–Crippen LogP) is 3.09. The zero-order valence-electron chi connectivity index (χ0n) is 14.1. The lowest BCUT2D eigenvalue weighted by atomic mass is 10.2. The smallest absolute Gasteiger partial charge is 0.268 e. The van der Waals surface area contributed by atoms with Crippen LogP contribution in [0, 0.1) is 5.82 Å². The van der Waals surface area contributed by atoms with Crippen LogP contribution in [0.15, 0.2) is 58.8 Å². The summed E-state index contributed by atoms with van der Waals surface area (Å²) in [6, 6.07) is 10.9. The van der Waals surface area contributed by atoms with Crippen molar-refractivity contribution in [3.63, 3.8) is 0 Å². The Kier molecular flexibility index (Phi) is 5.48. The SMILES string of the molecule is Cn1cc(OCc2ccc(F)cc2)c(=O)cc1C(=O)NCc1cccs1. The van der Waals surface area contributed by atoms with Gasteiger partial charge in [-0.1, -0.05) is 18.2 Å². The number of thiophene rings is 1. The summed E-state index contributed by atoms with van der Waals surface area (Å²) in [5, 5.41) is 4.72. The van der Waals surface area contributed by atoms with Gasteiger partial charge >= 0.3 is 0 Å². The van der Waals surface area contributed by atoms with Gasteiger partial charge in [0.2, 0.25) is 5.43 Å². The standard InChI is InChI=1S/C19H17FN2O3S/c1-22-11-18(25-12-13-4-6-14(20)7-5-13)17(23)9-16(22)19(24)21-10-15-3-2-8-26-15/h2-9,11H,10,12H2,1H3,(H,21,24). The maximum Gasteiger partial charge on any atom is 0.268 e. The number of halogens is 1. The number of nitrogens with zero attached hydrogens (tertiary/aromatic N) is 1. The van der Waals surface area contributed by atoms with Gasteiger partial charge in [-0.25, -0.2) is 4.39 Å². The zero-order chi connectivity index (χ0) is 18.5. The van der Waals surface area contributed by atoms with Crippen LogP contribution in [-0.4, -0.2) is 10.5 Å². The summed E-state index contributed by atoms with van der Waals surface area (Å²) in [5.74, 6) is -0.530. The van der Waals surface area contributed by atoms with Gasteiger partial charge in [0.15, 0.2) is 5.75 Å². The highest BCUT2D eigenvalue weighted by atomic mass is 32.1.